The van der Waals surface area contributed by atoms with Crippen LogP contribution in [0.4, 0.5) is 5.82 Å². The SMILES string of the molecule is CN(Cc1noc2ccccc12)c1ncnc2c1ncn2CC1CCCO1. The second-order valence-corrected chi connectivity index (χ2v) is 6.88. The van der Waals surface area contributed by atoms with Crippen molar-refractivity contribution >= 4 is 28.0 Å². The Bertz CT molecular complexity index is 1080. The van der Waals surface area contributed by atoms with Gasteiger partial charge in [0.15, 0.2) is 22.6 Å². The Labute approximate surface area is 155 Å². The molecule has 0 aliphatic carbocycles. The van der Waals surface area contributed by atoms with Crippen LogP contribution in [0.25, 0.3) is 22.1 Å². The Hall–Kier alpha value is -3.00. The molecular weight excluding hydrogens is 344 g/mol. The molecule has 3 aromatic heterocycles. The first-order chi connectivity index (χ1) is 13.3. The van der Waals surface area contributed by atoms with Crippen molar-refractivity contribution in [1.29, 1.82) is 0 Å². The van der Waals surface area contributed by atoms with Crippen LogP contribution in [0, 0.1) is 0 Å². The number of fused-ring (bicyclic) bond motifs is 2. The summed E-state index contributed by atoms with van der Waals surface area (Å²) >= 11 is 0. The Morgan fingerprint density at radius 2 is 2.15 bits per heavy atom. The zero-order chi connectivity index (χ0) is 18.2. The van der Waals surface area contributed by atoms with E-state index in [1.165, 1.54) is 0 Å². The smallest absolute Gasteiger partial charge is 0.167 e. The van der Waals surface area contributed by atoms with E-state index in [9.17, 15) is 0 Å². The molecule has 8 nitrogen and oxygen atoms in total. The van der Waals surface area contributed by atoms with Crippen LogP contribution < -0.4 is 4.90 Å². The summed E-state index contributed by atoms with van der Waals surface area (Å²) in [4.78, 5) is 15.5. The summed E-state index contributed by atoms with van der Waals surface area (Å²) < 4.78 is 13.2. The van der Waals surface area contributed by atoms with Crippen LogP contribution in [0.15, 0.2) is 41.4 Å². The first-order valence-corrected chi connectivity index (χ1v) is 9.11. The van der Waals surface area contributed by atoms with Gasteiger partial charge in [0.2, 0.25) is 0 Å². The summed E-state index contributed by atoms with van der Waals surface area (Å²) in [5, 5.41) is 5.22. The average Bonchev–Trinajstić information content (AvgIpc) is 3.43. The molecule has 1 atom stereocenters. The standard InChI is InChI=1S/C19H20N6O2/c1-24(10-15-14-6-2-3-7-16(14)27-23-15)18-17-19(21-11-20-18)25(12-22-17)9-13-5-4-8-26-13/h2-3,6-7,11-13H,4-5,8-10H2,1H3. The molecular formula is C19H20N6O2. The number of benzene rings is 1. The predicted molar refractivity (Wildman–Crippen MR) is 100 cm³/mol. The molecule has 4 aromatic rings. The maximum absolute atomic E-state index is 5.74. The van der Waals surface area contributed by atoms with Crippen molar-refractivity contribution in [2.45, 2.75) is 32.0 Å². The number of nitrogens with zero attached hydrogens (tertiary/aromatic N) is 6. The van der Waals surface area contributed by atoms with E-state index in [0.29, 0.717) is 6.54 Å². The minimum absolute atomic E-state index is 0.236. The zero-order valence-electron chi connectivity index (χ0n) is 15.1. The number of ether oxygens (including phenoxy) is 1. The lowest BCUT2D eigenvalue weighted by molar-refractivity contribution is 0.0978. The van der Waals surface area contributed by atoms with Crippen LogP contribution in [0.3, 0.4) is 0 Å². The van der Waals surface area contributed by atoms with Gasteiger partial charge in [-0.3, -0.25) is 0 Å². The first-order valence-electron chi connectivity index (χ1n) is 9.11. The summed E-state index contributed by atoms with van der Waals surface area (Å²) in [6.45, 7) is 2.18. The van der Waals surface area contributed by atoms with E-state index in [2.05, 4.69) is 24.7 Å². The van der Waals surface area contributed by atoms with E-state index in [4.69, 9.17) is 9.26 Å². The highest BCUT2D eigenvalue weighted by molar-refractivity contribution is 5.84. The highest BCUT2D eigenvalue weighted by Crippen LogP contribution is 2.25. The molecule has 1 aliphatic rings. The quantitative estimate of drug-likeness (QED) is 0.538. The number of hydrogen-bond donors (Lipinski definition) is 0. The van der Waals surface area contributed by atoms with Crippen molar-refractivity contribution in [1.82, 2.24) is 24.7 Å². The summed E-state index contributed by atoms with van der Waals surface area (Å²) in [6, 6.07) is 7.86. The molecule has 0 N–H and O–H groups in total. The fraction of sp³-hybridized carbons (Fsp3) is 0.368. The average molecular weight is 364 g/mol. The van der Waals surface area contributed by atoms with Crippen molar-refractivity contribution < 1.29 is 9.26 Å². The van der Waals surface area contributed by atoms with Gasteiger partial charge in [-0.25, -0.2) is 15.0 Å². The highest BCUT2D eigenvalue weighted by atomic mass is 16.5. The molecule has 1 fully saturated rings. The van der Waals surface area contributed by atoms with E-state index in [1.807, 2.05) is 42.5 Å². The molecule has 0 radical (unpaired) electrons. The fourth-order valence-electron chi connectivity index (χ4n) is 3.64. The van der Waals surface area contributed by atoms with Crippen molar-refractivity contribution in [2.75, 3.05) is 18.6 Å². The largest absolute Gasteiger partial charge is 0.376 e. The Morgan fingerprint density at radius 1 is 1.22 bits per heavy atom. The van der Waals surface area contributed by atoms with E-state index in [1.54, 1.807) is 6.33 Å². The molecule has 1 unspecified atom stereocenters. The van der Waals surface area contributed by atoms with Gasteiger partial charge in [0.25, 0.3) is 0 Å². The molecule has 0 amide bonds. The van der Waals surface area contributed by atoms with Gasteiger partial charge >= 0.3 is 0 Å². The monoisotopic (exact) mass is 364 g/mol. The van der Waals surface area contributed by atoms with Gasteiger partial charge in [-0.2, -0.15) is 0 Å². The van der Waals surface area contributed by atoms with E-state index in [-0.39, 0.29) is 6.10 Å². The molecule has 1 aromatic carbocycles. The minimum Gasteiger partial charge on any atom is -0.376 e. The van der Waals surface area contributed by atoms with Gasteiger partial charge in [0.1, 0.15) is 12.0 Å². The third-order valence-electron chi connectivity index (χ3n) is 5.01. The summed E-state index contributed by atoms with van der Waals surface area (Å²) in [6.07, 6.45) is 5.84. The van der Waals surface area contributed by atoms with Crippen molar-refractivity contribution in [3.05, 3.63) is 42.6 Å². The van der Waals surface area contributed by atoms with E-state index < -0.39 is 0 Å². The summed E-state index contributed by atoms with van der Waals surface area (Å²) in [5.41, 5.74) is 3.27. The maximum Gasteiger partial charge on any atom is 0.167 e. The lowest BCUT2D eigenvalue weighted by Crippen LogP contribution is -2.19. The van der Waals surface area contributed by atoms with Crippen molar-refractivity contribution in [2.24, 2.45) is 0 Å². The number of anilines is 1. The molecule has 8 heteroatoms. The molecule has 0 spiro atoms. The lowest BCUT2D eigenvalue weighted by atomic mass is 10.2. The maximum atomic E-state index is 5.74. The predicted octanol–water partition coefficient (Wildman–Crippen LogP) is 2.78. The Morgan fingerprint density at radius 3 is 3.04 bits per heavy atom. The van der Waals surface area contributed by atoms with Gasteiger partial charge in [-0.1, -0.05) is 17.3 Å². The summed E-state index contributed by atoms with van der Waals surface area (Å²) in [7, 11) is 1.98. The first kappa shape index (κ1) is 16.2. The number of hydrogen-bond acceptors (Lipinski definition) is 7. The third kappa shape index (κ3) is 2.91. The van der Waals surface area contributed by atoms with Crippen molar-refractivity contribution in [3.8, 4) is 0 Å². The van der Waals surface area contributed by atoms with E-state index in [0.717, 1.165) is 59.6 Å². The second kappa shape index (κ2) is 6.62. The van der Waals surface area contributed by atoms with Gasteiger partial charge < -0.3 is 18.7 Å². The highest BCUT2D eigenvalue weighted by Gasteiger charge is 2.20. The molecule has 1 aliphatic heterocycles. The minimum atomic E-state index is 0.236. The number of para-hydroxylation sites is 1. The molecule has 4 heterocycles. The third-order valence-corrected chi connectivity index (χ3v) is 5.01. The van der Waals surface area contributed by atoms with Crippen LogP contribution in [0.2, 0.25) is 0 Å². The number of rotatable bonds is 5. The van der Waals surface area contributed by atoms with Gasteiger partial charge in [-0.15, -0.1) is 0 Å². The molecule has 27 heavy (non-hydrogen) atoms. The van der Waals surface area contributed by atoms with Crippen LogP contribution in [-0.2, 0) is 17.8 Å². The molecule has 0 bridgehead atoms. The molecule has 5 rings (SSSR count). The van der Waals surface area contributed by atoms with Crippen molar-refractivity contribution in [3.63, 3.8) is 0 Å². The molecule has 138 valence electrons. The topological polar surface area (TPSA) is 82.1 Å². The number of imidazole rings is 1. The lowest BCUT2D eigenvalue weighted by Gasteiger charge is -2.17. The second-order valence-electron chi connectivity index (χ2n) is 6.88. The van der Waals surface area contributed by atoms with Gasteiger partial charge in [0, 0.05) is 19.0 Å². The van der Waals surface area contributed by atoms with Crippen LogP contribution >= 0.6 is 0 Å². The fourth-order valence-corrected chi connectivity index (χ4v) is 3.64. The van der Waals surface area contributed by atoms with Crippen LogP contribution in [-0.4, -0.2) is 44.4 Å². The van der Waals surface area contributed by atoms with Gasteiger partial charge in [0.05, 0.1) is 25.5 Å². The number of aromatic nitrogens is 5. The zero-order valence-corrected chi connectivity index (χ0v) is 15.1. The Kier molecular flexibility index (Phi) is 3.97. The summed E-state index contributed by atoms with van der Waals surface area (Å²) in [5.74, 6) is 0.776. The molecule has 0 saturated carbocycles. The normalized spacial score (nSPS) is 17.1. The van der Waals surface area contributed by atoms with Gasteiger partial charge in [-0.05, 0) is 25.0 Å². The van der Waals surface area contributed by atoms with E-state index >= 15 is 0 Å². The molecule has 1 saturated heterocycles. The Balaban J connectivity index is 1.44. The van der Waals surface area contributed by atoms with Crippen LogP contribution in [0.5, 0.6) is 0 Å². The van der Waals surface area contributed by atoms with Crippen LogP contribution in [0.1, 0.15) is 18.5 Å².